The topological polar surface area (TPSA) is 50.9 Å². The monoisotopic (exact) mass is 193 g/mol. The number of rotatable bonds is 6. The first-order valence-electron chi connectivity index (χ1n) is 5.19. The van der Waals surface area contributed by atoms with E-state index in [1.165, 1.54) is 12.0 Å². The lowest BCUT2D eigenvalue weighted by atomic mass is 10.2. The second-order valence-corrected chi connectivity index (χ2v) is 3.50. The fourth-order valence-electron chi connectivity index (χ4n) is 1.23. The Balaban J connectivity index is 2.15. The number of nitrogens with zero attached hydrogens (tertiary/aromatic N) is 1. The molecule has 0 saturated heterocycles. The van der Waals surface area contributed by atoms with Crippen molar-refractivity contribution >= 4 is 5.82 Å². The maximum Gasteiger partial charge on any atom is 0.125 e. The molecule has 78 valence electrons. The van der Waals surface area contributed by atoms with Crippen molar-refractivity contribution in [3.05, 3.63) is 23.9 Å². The third-order valence-corrected chi connectivity index (χ3v) is 2.10. The van der Waals surface area contributed by atoms with E-state index in [9.17, 15) is 0 Å². The van der Waals surface area contributed by atoms with Crippen molar-refractivity contribution in [3.63, 3.8) is 0 Å². The molecule has 3 N–H and O–H groups in total. The average molecular weight is 193 g/mol. The predicted molar refractivity (Wildman–Crippen MR) is 60.4 cm³/mol. The van der Waals surface area contributed by atoms with E-state index in [2.05, 4.69) is 16.4 Å². The van der Waals surface area contributed by atoms with Gasteiger partial charge in [0.2, 0.25) is 0 Å². The van der Waals surface area contributed by atoms with Crippen LogP contribution in [0.25, 0.3) is 0 Å². The van der Waals surface area contributed by atoms with Crippen LogP contribution < -0.4 is 11.1 Å². The third kappa shape index (κ3) is 4.23. The Kier molecular flexibility index (Phi) is 5.00. The van der Waals surface area contributed by atoms with Gasteiger partial charge in [-0.3, -0.25) is 0 Å². The third-order valence-electron chi connectivity index (χ3n) is 2.10. The summed E-state index contributed by atoms with van der Waals surface area (Å²) >= 11 is 0. The number of unbranched alkanes of at least 4 members (excludes halogenated alkanes) is 2. The highest BCUT2D eigenvalue weighted by Gasteiger charge is 1.92. The zero-order chi connectivity index (χ0) is 10.2. The standard InChI is InChI=1S/C11H19N3/c1-10-5-6-11(14-9-10)13-8-4-2-3-7-12/h5-6,9H,2-4,7-8,12H2,1H3,(H,13,14). The highest BCUT2D eigenvalue weighted by Crippen LogP contribution is 2.04. The van der Waals surface area contributed by atoms with Gasteiger partial charge >= 0.3 is 0 Å². The van der Waals surface area contributed by atoms with Gasteiger partial charge in [0.15, 0.2) is 0 Å². The Bertz CT molecular complexity index is 243. The number of hydrogen-bond donors (Lipinski definition) is 2. The maximum absolute atomic E-state index is 5.41. The van der Waals surface area contributed by atoms with Crippen molar-refractivity contribution in [1.82, 2.24) is 4.98 Å². The average Bonchev–Trinajstić information content (AvgIpc) is 2.21. The largest absolute Gasteiger partial charge is 0.370 e. The van der Waals surface area contributed by atoms with Crippen LogP contribution in [0.5, 0.6) is 0 Å². The van der Waals surface area contributed by atoms with Crippen LogP contribution in [0, 0.1) is 6.92 Å². The molecule has 1 heterocycles. The van der Waals surface area contributed by atoms with Crippen LogP contribution in [-0.4, -0.2) is 18.1 Å². The molecule has 1 aromatic heterocycles. The summed E-state index contributed by atoms with van der Waals surface area (Å²) in [6, 6.07) is 4.08. The first kappa shape index (κ1) is 11.0. The molecular weight excluding hydrogens is 174 g/mol. The summed E-state index contributed by atoms with van der Waals surface area (Å²) in [5, 5.41) is 3.28. The van der Waals surface area contributed by atoms with Crippen molar-refractivity contribution in [2.75, 3.05) is 18.4 Å². The molecule has 0 aromatic carbocycles. The molecule has 0 bridgehead atoms. The fraction of sp³-hybridized carbons (Fsp3) is 0.545. The number of aromatic nitrogens is 1. The SMILES string of the molecule is Cc1ccc(NCCCCCN)nc1. The minimum atomic E-state index is 0.794. The summed E-state index contributed by atoms with van der Waals surface area (Å²) in [6.07, 6.45) is 5.34. The van der Waals surface area contributed by atoms with E-state index in [1.807, 2.05) is 19.2 Å². The summed E-state index contributed by atoms with van der Waals surface area (Å²) in [5.74, 6) is 0.961. The fourth-order valence-corrected chi connectivity index (χ4v) is 1.23. The van der Waals surface area contributed by atoms with Crippen LogP contribution in [-0.2, 0) is 0 Å². The van der Waals surface area contributed by atoms with Gasteiger partial charge in [-0.25, -0.2) is 4.98 Å². The Hall–Kier alpha value is -1.09. The van der Waals surface area contributed by atoms with E-state index < -0.39 is 0 Å². The van der Waals surface area contributed by atoms with Gasteiger partial charge in [0.05, 0.1) is 0 Å². The first-order chi connectivity index (χ1) is 6.83. The molecule has 0 aliphatic heterocycles. The lowest BCUT2D eigenvalue weighted by molar-refractivity contribution is 0.706. The number of aryl methyl sites for hydroxylation is 1. The van der Waals surface area contributed by atoms with E-state index in [1.54, 1.807) is 0 Å². The molecule has 0 unspecified atom stereocenters. The van der Waals surface area contributed by atoms with Crippen molar-refractivity contribution in [2.45, 2.75) is 26.2 Å². The number of nitrogens with one attached hydrogen (secondary N) is 1. The molecular formula is C11H19N3. The summed E-state index contributed by atoms with van der Waals surface area (Å²) in [7, 11) is 0. The van der Waals surface area contributed by atoms with Crippen LogP contribution in [0.15, 0.2) is 18.3 Å². The van der Waals surface area contributed by atoms with Gasteiger partial charge in [-0.1, -0.05) is 12.5 Å². The number of nitrogens with two attached hydrogens (primary N) is 1. The van der Waals surface area contributed by atoms with E-state index in [-0.39, 0.29) is 0 Å². The van der Waals surface area contributed by atoms with E-state index >= 15 is 0 Å². The second-order valence-electron chi connectivity index (χ2n) is 3.50. The smallest absolute Gasteiger partial charge is 0.125 e. The van der Waals surface area contributed by atoms with Gasteiger partial charge < -0.3 is 11.1 Å². The predicted octanol–water partition coefficient (Wildman–Crippen LogP) is 1.93. The summed E-state index contributed by atoms with van der Waals surface area (Å²) in [5.41, 5.74) is 6.60. The highest BCUT2D eigenvalue weighted by atomic mass is 15.0. The molecule has 3 nitrogen and oxygen atoms in total. The minimum Gasteiger partial charge on any atom is -0.370 e. The van der Waals surface area contributed by atoms with Gasteiger partial charge in [0, 0.05) is 12.7 Å². The van der Waals surface area contributed by atoms with Crippen LogP contribution in [0.1, 0.15) is 24.8 Å². The lowest BCUT2D eigenvalue weighted by Gasteiger charge is -2.04. The van der Waals surface area contributed by atoms with Crippen molar-refractivity contribution < 1.29 is 0 Å². The normalized spacial score (nSPS) is 10.1. The Morgan fingerprint density at radius 2 is 2.14 bits per heavy atom. The van der Waals surface area contributed by atoms with Crippen LogP contribution >= 0.6 is 0 Å². The van der Waals surface area contributed by atoms with E-state index in [0.717, 1.165) is 31.7 Å². The molecule has 0 aliphatic carbocycles. The number of anilines is 1. The summed E-state index contributed by atoms with van der Waals surface area (Å²) in [4.78, 5) is 4.26. The maximum atomic E-state index is 5.41. The molecule has 14 heavy (non-hydrogen) atoms. The number of pyridine rings is 1. The molecule has 0 amide bonds. The number of hydrogen-bond acceptors (Lipinski definition) is 3. The van der Waals surface area contributed by atoms with E-state index in [0.29, 0.717) is 0 Å². The molecule has 0 aliphatic rings. The van der Waals surface area contributed by atoms with Gasteiger partial charge in [-0.05, 0) is 37.9 Å². The molecule has 1 rings (SSSR count). The van der Waals surface area contributed by atoms with Gasteiger partial charge in [-0.2, -0.15) is 0 Å². The molecule has 3 heteroatoms. The second kappa shape index (κ2) is 6.38. The zero-order valence-electron chi connectivity index (χ0n) is 8.79. The minimum absolute atomic E-state index is 0.794. The van der Waals surface area contributed by atoms with E-state index in [4.69, 9.17) is 5.73 Å². The first-order valence-corrected chi connectivity index (χ1v) is 5.19. The summed E-state index contributed by atoms with van der Waals surface area (Å²) in [6.45, 7) is 3.82. The molecule has 0 saturated carbocycles. The lowest BCUT2D eigenvalue weighted by Crippen LogP contribution is -2.04. The van der Waals surface area contributed by atoms with Crippen LogP contribution in [0.2, 0.25) is 0 Å². The van der Waals surface area contributed by atoms with Gasteiger partial charge in [-0.15, -0.1) is 0 Å². The molecule has 0 fully saturated rings. The van der Waals surface area contributed by atoms with Gasteiger partial charge in [0.1, 0.15) is 5.82 Å². The Morgan fingerprint density at radius 1 is 1.29 bits per heavy atom. The molecule has 0 atom stereocenters. The zero-order valence-corrected chi connectivity index (χ0v) is 8.79. The van der Waals surface area contributed by atoms with Crippen molar-refractivity contribution in [1.29, 1.82) is 0 Å². The van der Waals surface area contributed by atoms with Crippen LogP contribution in [0.4, 0.5) is 5.82 Å². The molecule has 1 aromatic rings. The van der Waals surface area contributed by atoms with Crippen LogP contribution in [0.3, 0.4) is 0 Å². The Morgan fingerprint density at radius 3 is 2.79 bits per heavy atom. The van der Waals surface area contributed by atoms with Crippen molar-refractivity contribution in [2.24, 2.45) is 5.73 Å². The molecule has 0 spiro atoms. The highest BCUT2D eigenvalue weighted by molar-refractivity contribution is 5.34. The Labute approximate surface area is 85.7 Å². The quantitative estimate of drug-likeness (QED) is 0.679. The molecule has 0 radical (unpaired) electrons. The van der Waals surface area contributed by atoms with Gasteiger partial charge in [0.25, 0.3) is 0 Å². The van der Waals surface area contributed by atoms with Crippen molar-refractivity contribution in [3.8, 4) is 0 Å². The summed E-state index contributed by atoms with van der Waals surface area (Å²) < 4.78 is 0.